The summed E-state index contributed by atoms with van der Waals surface area (Å²) in [5, 5.41) is 13.8. The number of benzene rings is 1. The van der Waals surface area contributed by atoms with Crippen molar-refractivity contribution in [3.05, 3.63) is 28.3 Å². The minimum Gasteiger partial charge on any atom is -0.397 e. The Morgan fingerprint density at radius 2 is 2.35 bits per heavy atom. The lowest BCUT2D eigenvalue weighted by Gasteiger charge is -2.24. The first-order chi connectivity index (χ1) is 8.16. The van der Waals surface area contributed by atoms with Crippen LogP contribution in [0.1, 0.15) is 12.8 Å². The molecule has 6 heteroatoms. The van der Waals surface area contributed by atoms with E-state index in [1.54, 1.807) is 6.07 Å². The van der Waals surface area contributed by atoms with Gasteiger partial charge in [-0.1, -0.05) is 0 Å². The molecule has 1 fully saturated rings. The van der Waals surface area contributed by atoms with E-state index in [-0.39, 0.29) is 11.7 Å². The predicted octanol–water partition coefficient (Wildman–Crippen LogP) is 1.77. The standard InChI is InChI=1S/C11H15N3O3/c12-10-6-9(14(15)16)3-4-11(10)13-8-2-1-5-17-7-8/h3-4,6,8,13H,1-2,5,7,12H2. The van der Waals surface area contributed by atoms with Gasteiger partial charge in [0.1, 0.15) is 0 Å². The average Bonchev–Trinajstić information content (AvgIpc) is 2.33. The fourth-order valence-corrected chi connectivity index (χ4v) is 1.87. The Balaban J connectivity index is 2.08. The van der Waals surface area contributed by atoms with Crippen LogP contribution in [0.2, 0.25) is 0 Å². The SMILES string of the molecule is Nc1cc([N+](=O)[O-])ccc1NC1CCCOC1. The zero-order valence-corrected chi connectivity index (χ0v) is 9.39. The van der Waals surface area contributed by atoms with Crippen LogP contribution >= 0.6 is 0 Å². The number of nitro benzene ring substituents is 1. The number of ether oxygens (including phenoxy) is 1. The number of nitrogens with zero attached hydrogens (tertiary/aromatic N) is 1. The van der Waals surface area contributed by atoms with Gasteiger partial charge in [-0.15, -0.1) is 0 Å². The number of nitro groups is 1. The van der Waals surface area contributed by atoms with Gasteiger partial charge in [0.15, 0.2) is 0 Å². The fraction of sp³-hybridized carbons (Fsp3) is 0.455. The molecule has 3 N–H and O–H groups in total. The molecule has 1 heterocycles. The number of rotatable bonds is 3. The minimum absolute atomic E-state index is 0.00736. The molecule has 1 aliphatic rings. The van der Waals surface area contributed by atoms with Crippen LogP contribution in [0.15, 0.2) is 18.2 Å². The Kier molecular flexibility index (Phi) is 3.43. The minimum atomic E-state index is -0.455. The molecule has 1 saturated heterocycles. The van der Waals surface area contributed by atoms with Gasteiger partial charge in [0.25, 0.3) is 5.69 Å². The number of nitrogen functional groups attached to an aromatic ring is 1. The summed E-state index contributed by atoms with van der Waals surface area (Å²) in [5.74, 6) is 0. The average molecular weight is 237 g/mol. The molecule has 0 saturated carbocycles. The maximum Gasteiger partial charge on any atom is 0.271 e. The molecule has 1 atom stereocenters. The summed E-state index contributed by atoms with van der Waals surface area (Å²) in [5.41, 5.74) is 6.90. The molecule has 92 valence electrons. The number of hydrogen-bond acceptors (Lipinski definition) is 5. The first kappa shape index (κ1) is 11.7. The second-order valence-electron chi connectivity index (χ2n) is 4.09. The molecule has 1 aliphatic heterocycles. The highest BCUT2D eigenvalue weighted by Gasteiger charge is 2.15. The highest BCUT2D eigenvalue weighted by molar-refractivity contribution is 5.69. The van der Waals surface area contributed by atoms with Crippen LogP contribution in [0.5, 0.6) is 0 Å². The summed E-state index contributed by atoms with van der Waals surface area (Å²) in [6, 6.07) is 4.68. The first-order valence-corrected chi connectivity index (χ1v) is 5.55. The molecule has 0 aromatic heterocycles. The van der Waals surface area contributed by atoms with Crippen LogP contribution in [0.3, 0.4) is 0 Å². The number of hydrogen-bond donors (Lipinski definition) is 2. The molecule has 2 rings (SSSR count). The highest BCUT2D eigenvalue weighted by Crippen LogP contribution is 2.25. The van der Waals surface area contributed by atoms with Crippen molar-refractivity contribution >= 4 is 17.1 Å². The predicted molar refractivity (Wildman–Crippen MR) is 65.0 cm³/mol. The Labute approximate surface area is 98.9 Å². The third kappa shape index (κ3) is 2.85. The number of non-ortho nitro benzene ring substituents is 1. The normalized spacial score (nSPS) is 19.9. The second kappa shape index (κ2) is 5.01. The van der Waals surface area contributed by atoms with E-state index in [4.69, 9.17) is 10.5 Å². The van der Waals surface area contributed by atoms with Crippen molar-refractivity contribution in [1.82, 2.24) is 0 Å². The number of nitrogens with two attached hydrogens (primary N) is 1. The van der Waals surface area contributed by atoms with E-state index in [0.29, 0.717) is 12.3 Å². The summed E-state index contributed by atoms with van der Waals surface area (Å²) in [4.78, 5) is 10.1. The zero-order valence-electron chi connectivity index (χ0n) is 9.39. The van der Waals surface area contributed by atoms with Gasteiger partial charge in [0, 0.05) is 24.8 Å². The Morgan fingerprint density at radius 1 is 1.53 bits per heavy atom. The van der Waals surface area contributed by atoms with Crippen molar-refractivity contribution in [3.63, 3.8) is 0 Å². The van der Waals surface area contributed by atoms with Crippen LogP contribution in [-0.2, 0) is 4.74 Å². The molecule has 1 aromatic carbocycles. The fourth-order valence-electron chi connectivity index (χ4n) is 1.87. The van der Waals surface area contributed by atoms with Gasteiger partial charge in [-0.2, -0.15) is 0 Å². The lowest BCUT2D eigenvalue weighted by Crippen LogP contribution is -2.30. The molecule has 17 heavy (non-hydrogen) atoms. The third-order valence-electron chi connectivity index (χ3n) is 2.77. The van der Waals surface area contributed by atoms with Crippen molar-refractivity contribution in [3.8, 4) is 0 Å². The van der Waals surface area contributed by atoms with Gasteiger partial charge in [-0.05, 0) is 18.9 Å². The van der Waals surface area contributed by atoms with Crippen LogP contribution < -0.4 is 11.1 Å². The molecule has 0 aliphatic carbocycles. The van der Waals surface area contributed by atoms with Gasteiger partial charge in [0.05, 0.1) is 22.9 Å². The van der Waals surface area contributed by atoms with E-state index in [1.807, 2.05) is 0 Å². The molecule has 0 amide bonds. The van der Waals surface area contributed by atoms with Gasteiger partial charge < -0.3 is 15.8 Å². The van der Waals surface area contributed by atoms with Gasteiger partial charge in [-0.3, -0.25) is 10.1 Å². The largest absolute Gasteiger partial charge is 0.397 e. The lowest BCUT2D eigenvalue weighted by molar-refractivity contribution is -0.384. The summed E-state index contributed by atoms with van der Waals surface area (Å²) >= 11 is 0. The quantitative estimate of drug-likeness (QED) is 0.475. The molecule has 1 unspecified atom stereocenters. The van der Waals surface area contributed by atoms with Crippen molar-refractivity contribution in [2.75, 3.05) is 24.3 Å². The maximum atomic E-state index is 10.6. The van der Waals surface area contributed by atoms with Gasteiger partial charge in [-0.25, -0.2) is 0 Å². The van der Waals surface area contributed by atoms with E-state index in [1.165, 1.54) is 12.1 Å². The summed E-state index contributed by atoms with van der Waals surface area (Å²) in [7, 11) is 0. The van der Waals surface area contributed by atoms with E-state index >= 15 is 0 Å². The van der Waals surface area contributed by atoms with Gasteiger partial charge >= 0.3 is 0 Å². The third-order valence-corrected chi connectivity index (χ3v) is 2.77. The topological polar surface area (TPSA) is 90.4 Å². The molecular formula is C11H15N3O3. The molecule has 1 aromatic rings. The Morgan fingerprint density at radius 3 is 2.94 bits per heavy atom. The van der Waals surface area contributed by atoms with Crippen molar-refractivity contribution < 1.29 is 9.66 Å². The molecule has 6 nitrogen and oxygen atoms in total. The van der Waals surface area contributed by atoms with E-state index < -0.39 is 4.92 Å². The molecule has 0 radical (unpaired) electrons. The van der Waals surface area contributed by atoms with Crippen LogP contribution in [-0.4, -0.2) is 24.2 Å². The van der Waals surface area contributed by atoms with E-state index in [9.17, 15) is 10.1 Å². The van der Waals surface area contributed by atoms with Crippen LogP contribution in [0, 0.1) is 10.1 Å². The molecular weight excluding hydrogens is 222 g/mol. The second-order valence-corrected chi connectivity index (χ2v) is 4.09. The Bertz CT molecular complexity index is 416. The smallest absolute Gasteiger partial charge is 0.271 e. The van der Waals surface area contributed by atoms with Crippen LogP contribution in [0.4, 0.5) is 17.1 Å². The van der Waals surface area contributed by atoms with Crippen LogP contribution in [0.25, 0.3) is 0 Å². The Hall–Kier alpha value is -1.82. The highest BCUT2D eigenvalue weighted by atomic mass is 16.6. The van der Waals surface area contributed by atoms with Gasteiger partial charge in [0.2, 0.25) is 0 Å². The number of anilines is 2. The van der Waals surface area contributed by atoms with Crippen molar-refractivity contribution in [1.29, 1.82) is 0 Å². The molecule has 0 spiro atoms. The molecule has 0 bridgehead atoms. The monoisotopic (exact) mass is 237 g/mol. The maximum absolute atomic E-state index is 10.6. The lowest BCUT2D eigenvalue weighted by atomic mass is 10.1. The van der Waals surface area contributed by atoms with E-state index in [0.717, 1.165) is 25.1 Å². The summed E-state index contributed by atoms with van der Waals surface area (Å²) < 4.78 is 5.34. The first-order valence-electron chi connectivity index (χ1n) is 5.55. The number of nitrogens with one attached hydrogen (secondary N) is 1. The zero-order chi connectivity index (χ0) is 12.3. The van der Waals surface area contributed by atoms with Crippen molar-refractivity contribution in [2.24, 2.45) is 0 Å². The van der Waals surface area contributed by atoms with E-state index in [2.05, 4.69) is 5.32 Å². The summed E-state index contributed by atoms with van der Waals surface area (Å²) in [6.07, 6.45) is 2.04. The summed E-state index contributed by atoms with van der Waals surface area (Å²) in [6.45, 7) is 1.45. The van der Waals surface area contributed by atoms with Crippen molar-refractivity contribution in [2.45, 2.75) is 18.9 Å².